The van der Waals surface area contributed by atoms with Gasteiger partial charge in [-0.05, 0) is 63.6 Å². The van der Waals surface area contributed by atoms with E-state index >= 15 is 0 Å². The molecule has 2 unspecified atom stereocenters. The molecule has 1 saturated heterocycles. The molecule has 0 bridgehead atoms. The third-order valence-corrected chi connectivity index (χ3v) is 6.24. The van der Waals surface area contributed by atoms with E-state index in [9.17, 15) is 9.59 Å². The van der Waals surface area contributed by atoms with Gasteiger partial charge in [0, 0.05) is 51.6 Å². The van der Waals surface area contributed by atoms with Crippen molar-refractivity contribution in [1.82, 2.24) is 15.0 Å². The summed E-state index contributed by atoms with van der Waals surface area (Å²) >= 11 is 0. The van der Waals surface area contributed by atoms with E-state index in [4.69, 9.17) is 15.0 Å². The largest absolute Gasteiger partial charge is 0.372 e. The Balaban J connectivity index is 1.65. The molecule has 4 aromatic rings. The molecule has 0 radical (unpaired) electrons. The second kappa shape index (κ2) is 7.74. The van der Waals surface area contributed by atoms with Crippen LogP contribution in [0.4, 0.5) is 0 Å². The predicted octanol–water partition coefficient (Wildman–Crippen LogP) is 3.94. The van der Waals surface area contributed by atoms with Crippen molar-refractivity contribution in [3.8, 4) is 11.1 Å². The Morgan fingerprint density at radius 3 is 2.45 bits per heavy atom. The van der Waals surface area contributed by atoms with Crippen molar-refractivity contribution < 1.29 is 18.8 Å². The van der Waals surface area contributed by atoms with Crippen molar-refractivity contribution in [2.45, 2.75) is 39.9 Å². The number of nitrogens with two attached hydrogens (primary N) is 1. The number of aromatic nitrogens is 2. The van der Waals surface area contributed by atoms with Gasteiger partial charge in [0.05, 0.1) is 17.9 Å². The number of ether oxygens (including phenoxy) is 1. The normalized spacial score (nSPS) is 18.8. The quantitative estimate of drug-likeness (QED) is 0.495. The molecular formula is C25H26N4O4. The predicted molar refractivity (Wildman–Crippen MR) is 125 cm³/mol. The Bertz CT molecular complexity index is 1390. The van der Waals surface area contributed by atoms with Crippen LogP contribution in [-0.4, -0.2) is 52.2 Å². The zero-order valence-corrected chi connectivity index (χ0v) is 19.1. The summed E-state index contributed by atoms with van der Waals surface area (Å²) in [5.74, 6) is 0.0727. The molecule has 2 atom stereocenters. The number of carbonyl (C=O) groups excluding carboxylic acids is 2. The number of primary amides is 1. The maximum absolute atomic E-state index is 13.2. The molecular weight excluding hydrogens is 420 g/mol. The first-order chi connectivity index (χ1) is 15.7. The molecule has 0 spiro atoms. The third-order valence-electron chi connectivity index (χ3n) is 6.24. The summed E-state index contributed by atoms with van der Waals surface area (Å²) in [5.41, 5.74) is 10.7. The average molecular weight is 447 g/mol. The van der Waals surface area contributed by atoms with Gasteiger partial charge in [0.15, 0.2) is 0 Å². The minimum atomic E-state index is -0.540. The number of benzene rings is 2. The summed E-state index contributed by atoms with van der Waals surface area (Å²) in [6, 6.07) is 9.25. The van der Waals surface area contributed by atoms with Gasteiger partial charge >= 0.3 is 0 Å². The molecule has 8 nitrogen and oxygen atoms in total. The van der Waals surface area contributed by atoms with Gasteiger partial charge in [0.1, 0.15) is 5.76 Å². The number of carbonyl (C=O) groups is 2. The molecule has 2 amide bonds. The number of aromatic amines is 1. The second-order valence-corrected chi connectivity index (χ2v) is 8.86. The fourth-order valence-corrected chi connectivity index (χ4v) is 4.93. The van der Waals surface area contributed by atoms with Crippen LogP contribution in [0, 0.1) is 13.8 Å². The fourth-order valence-electron chi connectivity index (χ4n) is 4.93. The molecule has 8 heteroatoms. The molecule has 3 heterocycles. The molecule has 0 saturated carbocycles. The standard InChI is InChI=1S/C25H26N4O4/c1-12-10-29(11-13(2)32-12)25(31)16-5-6-20-18(7-16)23-19(24(26)30)8-17(9-21(23)27-20)22-14(3)28-33-15(22)4/h5-9,12-13,27H,10-11H2,1-4H3,(H2,26,30). The Hall–Kier alpha value is -3.65. The Morgan fingerprint density at radius 2 is 1.82 bits per heavy atom. The number of amides is 2. The summed E-state index contributed by atoms with van der Waals surface area (Å²) in [7, 11) is 0. The molecule has 33 heavy (non-hydrogen) atoms. The SMILES string of the molecule is Cc1noc(C)c1-c1cc(C(N)=O)c2c(c1)[nH]c1ccc(C(=O)N3CC(C)OC(C)C3)cc12. The zero-order chi connectivity index (χ0) is 23.4. The van der Waals surface area contributed by atoms with Crippen molar-refractivity contribution in [1.29, 1.82) is 0 Å². The van der Waals surface area contributed by atoms with Gasteiger partial charge in [0.2, 0.25) is 5.91 Å². The van der Waals surface area contributed by atoms with E-state index in [1.165, 1.54) is 0 Å². The van der Waals surface area contributed by atoms with E-state index < -0.39 is 5.91 Å². The van der Waals surface area contributed by atoms with Crippen LogP contribution in [0.3, 0.4) is 0 Å². The number of H-pyrrole nitrogens is 1. The van der Waals surface area contributed by atoms with Crippen LogP contribution >= 0.6 is 0 Å². The van der Waals surface area contributed by atoms with Crippen molar-refractivity contribution in [3.05, 3.63) is 52.9 Å². The first kappa shape index (κ1) is 21.2. The minimum Gasteiger partial charge on any atom is -0.372 e. The van der Waals surface area contributed by atoms with E-state index in [0.29, 0.717) is 35.4 Å². The molecule has 0 aliphatic carbocycles. The van der Waals surface area contributed by atoms with Crippen LogP contribution in [0.2, 0.25) is 0 Å². The number of rotatable bonds is 3. The number of nitrogens with zero attached hydrogens (tertiary/aromatic N) is 2. The summed E-state index contributed by atoms with van der Waals surface area (Å²) < 4.78 is 11.1. The van der Waals surface area contributed by atoms with E-state index in [-0.39, 0.29) is 18.1 Å². The monoisotopic (exact) mass is 446 g/mol. The number of hydrogen-bond donors (Lipinski definition) is 2. The van der Waals surface area contributed by atoms with Gasteiger partial charge in [-0.15, -0.1) is 0 Å². The van der Waals surface area contributed by atoms with Gasteiger partial charge in [-0.25, -0.2) is 0 Å². The molecule has 2 aromatic carbocycles. The van der Waals surface area contributed by atoms with Crippen LogP contribution in [0.15, 0.2) is 34.9 Å². The lowest BCUT2D eigenvalue weighted by Gasteiger charge is -2.35. The molecule has 5 rings (SSSR count). The van der Waals surface area contributed by atoms with Crippen molar-refractivity contribution in [2.75, 3.05) is 13.1 Å². The maximum atomic E-state index is 13.2. The van der Waals surface area contributed by atoms with Crippen LogP contribution < -0.4 is 5.73 Å². The fraction of sp³-hybridized carbons (Fsp3) is 0.320. The molecule has 1 aliphatic rings. The van der Waals surface area contributed by atoms with Crippen LogP contribution in [-0.2, 0) is 4.74 Å². The lowest BCUT2D eigenvalue weighted by atomic mass is 9.97. The van der Waals surface area contributed by atoms with Crippen LogP contribution in [0.1, 0.15) is 46.0 Å². The zero-order valence-electron chi connectivity index (χ0n) is 19.1. The smallest absolute Gasteiger partial charge is 0.254 e. The highest BCUT2D eigenvalue weighted by atomic mass is 16.5. The average Bonchev–Trinajstić information content (AvgIpc) is 3.30. The summed E-state index contributed by atoms with van der Waals surface area (Å²) in [5, 5.41) is 5.51. The number of fused-ring (bicyclic) bond motifs is 3. The highest BCUT2D eigenvalue weighted by Crippen LogP contribution is 2.35. The first-order valence-corrected chi connectivity index (χ1v) is 11.0. The Labute approximate surface area is 190 Å². The number of nitrogens with one attached hydrogen (secondary N) is 1. The van der Waals surface area contributed by atoms with Crippen LogP contribution in [0.25, 0.3) is 32.9 Å². The van der Waals surface area contributed by atoms with E-state index in [1.807, 2.05) is 56.9 Å². The van der Waals surface area contributed by atoms with Gasteiger partial charge in [-0.3, -0.25) is 9.59 Å². The van der Waals surface area contributed by atoms with Gasteiger partial charge in [-0.2, -0.15) is 0 Å². The lowest BCUT2D eigenvalue weighted by Crippen LogP contribution is -2.48. The lowest BCUT2D eigenvalue weighted by molar-refractivity contribution is -0.0586. The summed E-state index contributed by atoms with van der Waals surface area (Å²) in [6.07, 6.45) is -0.0301. The molecule has 1 aliphatic heterocycles. The maximum Gasteiger partial charge on any atom is 0.254 e. The third kappa shape index (κ3) is 3.56. The Morgan fingerprint density at radius 1 is 1.09 bits per heavy atom. The van der Waals surface area contributed by atoms with Gasteiger partial charge in [-0.1, -0.05) is 5.16 Å². The van der Waals surface area contributed by atoms with E-state index in [2.05, 4.69) is 10.1 Å². The molecule has 3 N–H and O–H groups in total. The van der Waals surface area contributed by atoms with Gasteiger partial charge in [0.25, 0.3) is 5.91 Å². The van der Waals surface area contributed by atoms with Crippen molar-refractivity contribution in [3.63, 3.8) is 0 Å². The first-order valence-electron chi connectivity index (χ1n) is 11.0. The molecule has 170 valence electrons. The molecule has 1 fully saturated rings. The number of hydrogen-bond acceptors (Lipinski definition) is 5. The summed E-state index contributed by atoms with van der Waals surface area (Å²) in [4.78, 5) is 30.9. The minimum absolute atomic E-state index is 0.0151. The van der Waals surface area contributed by atoms with Gasteiger partial charge < -0.3 is 24.9 Å². The van der Waals surface area contributed by atoms with E-state index in [1.54, 1.807) is 6.07 Å². The van der Waals surface area contributed by atoms with Crippen LogP contribution in [0.5, 0.6) is 0 Å². The Kier molecular flexibility index (Phi) is 4.97. The summed E-state index contributed by atoms with van der Waals surface area (Å²) in [6.45, 7) is 8.71. The second-order valence-electron chi connectivity index (χ2n) is 8.86. The highest BCUT2D eigenvalue weighted by Gasteiger charge is 2.27. The van der Waals surface area contributed by atoms with Crippen molar-refractivity contribution >= 4 is 33.6 Å². The number of morpholine rings is 1. The van der Waals surface area contributed by atoms with E-state index in [0.717, 1.165) is 33.2 Å². The topological polar surface area (TPSA) is 114 Å². The number of aryl methyl sites for hydroxylation is 2. The van der Waals surface area contributed by atoms with Crippen molar-refractivity contribution in [2.24, 2.45) is 5.73 Å². The highest BCUT2D eigenvalue weighted by molar-refractivity contribution is 6.19. The molecule has 2 aromatic heterocycles.